The highest BCUT2D eigenvalue weighted by Gasteiger charge is 2.25. The lowest BCUT2D eigenvalue weighted by Gasteiger charge is -2.34. The van der Waals surface area contributed by atoms with Crippen molar-refractivity contribution in [3.8, 4) is 16.9 Å². The van der Waals surface area contributed by atoms with Gasteiger partial charge >= 0.3 is 0 Å². The molecule has 0 bridgehead atoms. The molecule has 0 aliphatic carbocycles. The Balaban J connectivity index is 1.47. The number of alkyl halides is 1. The first-order valence-corrected chi connectivity index (χ1v) is 11.0. The fraction of sp³-hybridized carbons (Fsp3) is 0.480. The first kappa shape index (κ1) is 23.2. The van der Waals surface area contributed by atoms with Gasteiger partial charge in [-0.05, 0) is 81.1 Å². The molecular weight excluding hydrogens is 395 g/mol. The monoisotopic (exact) mass is 428 g/mol. The van der Waals surface area contributed by atoms with Crippen LogP contribution in [0.1, 0.15) is 37.0 Å². The number of ether oxygens (including phenoxy) is 1. The minimum absolute atomic E-state index is 0.0745. The van der Waals surface area contributed by atoms with Crippen molar-refractivity contribution >= 4 is 5.91 Å². The van der Waals surface area contributed by atoms with Crippen LogP contribution < -0.4 is 10.1 Å². The molecule has 1 aliphatic heterocycles. The molecule has 1 saturated heterocycles. The van der Waals surface area contributed by atoms with Gasteiger partial charge in [-0.25, -0.2) is 4.39 Å². The number of piperidine rings is 1. The van der Waals surface area contributed by atoms with Gasteiger partial charge in [0.15, 0.2) is 0 Å². The SMILES string of the molecule is CC(C)(F)CN1CCC(COc2ccc(-c3ccc(C(=O)NCCO)cc3)cc2)CC1. The predicted molar refractivity (Wildman–Crippen MR) is 121 cm³/mol. The van der Waals surface area contributed by atoms with E-state index < -0.39 is 5.67 Å². The van der Waals surface area contributed by atoms with Gasteiger partial charge in [0.1, 0.15) is 11.4 Å². The zero-order valence-corrected chi connectivity index (χ0v) is 18.4. The smallest absolute Gasteiger partial charge is 0.251 e. The van der Waals surface area contributed by atoms with Crippen molar-refractivity contribution in [1.29, 1.82) is 0 Å². The van der Waals surface area contributed by atoms with E-state index in [-0.39, 0.29) is 19.1 Å². The Morgan fingerprint density at radius 1 is 1.10 bits per heavy atom. The molecule has 0 aromatic heterocycles. The van der Waals surface area contributed by atoms with Crippen LogP contribution in [0.15, 0.2) is 48.5 Å². The predicted octanol–water partition coefficient (Wildman–Crippen LogP) is 3.91. The van der Waals surface area contributed by atoms with E-state index in [0.717, 1.165) is 42.8 Å². The largest absolute Gasteiger partial charge is 0.493 e. The Bertz CT molecular complexity index is 823. The van der Waals surface area contributed by atoms with E-state index in [1.54, 1.807) is 26.0 Å². The van der Waals surface area contributed by atoms with Gasteiger partial charge in [0.25, 0.3) is 5.91 Å². The van der Waals surface area contributed by atoms with Gasteiger partial charge in [0.2, 0.25) is 0 Å². The highest BCUT2D eigenvalue weighted by molar-refractivity contribution is 5.94. The van der Waals surface area contributed by atoms with Crippen LogP contribution in [0.5, 0.6) is 5.75 Å². The van der Waals surface area contributed by atoms with Crippen molar-refractivity contribution in [3.05, 3.63) is 54.1 Å². The number of hydrogen-bond acceptors (Lipinski definition) is 4. The molecule has 168 valence electrons. The number of nitrogens with zero attached hydrogens (tertiary/aromatic N) is 1. The van der Waals surface area contributed by atoms with Crippen LogP contribution in [0, 0.1) is 5.92 Å². The third kappa shape index (κ3) is 7.33. The van der Waals surface area contributed by atoms with E-state index in [0.29, 0.717) is 24.6 Å². The molecule has 0 unspecified atom stereocenters. The number of hydrogen-bond donors (Lipinski definition) is 2. The summed E-state index contributed by atoms with van der Waals surface area (Å²) in [5, 5.41) is 11.4. The van der Waals surface area contributed by atoms with Crippen molar-refractivity contribution in [1.82, 2.24) is 10.2 Å². The van der Waals surface area contributed by atoms with E-state index in [1.165, 1.54) is 0 Å². The maximum atomic E-state index is 13.8. The summed E-state index contributed by atoms with van der Waals surface area (Å²) in [6.45, 7) is 6.47. The van der Waals surface area contributed by atoms with Crippen molar-refractivity contribution in [2.24, 2.45) is 5.92 Å². The first-order valence-electron chi connectivity index (χ1n) is 11.0. The zero-order valence-electron chi connectivity index (χ0n) is 18.4. The third-order valence-corrected chi connectivity index (χ3v) is 5.52. The summed E-state index contributed by atoms with van der Waals surface area (Å²) in [6, 6.07) is 15.4. The summed E-state index contributed by atoms with van der Waals surface area (Å²) in [5.74, 6) is 1.16. The van der Waals surface area contributed by atoms with E-state index >= 15 is 0 Å². The normalized spacial score (nSPS) is 15.6. The molecule has 31 heavy (non-hydrogen) atoms. The molecule has 6 heteroatoms. The Morgan fingerprint density at radius 2 is 1.68 bits per heavy atom. The highest BCUT2D eigenvalue weighted by atomic mass is 19.1. The molecule has 0 saturated carbocycles. The number of rotatable bonds is 9. The number of aliphatic hydroxyl groups is 1. The second-order valence-electron chi connectivity index (χ2n) is 8.83. The molecule has 2 N–H and O–H groups in total. The molecule has 1 fully saturated rings. The maximum absolute atomic E-state index is 13.8. The Labute approximate surface area is 184 Å². The molecule has 3 rings (SSSR count). The van der Waals surface area contributed by atoms with E-state index in [2.05, 4.69) is 10.2 Å². The second kappa shape index (κ2) is 10.7. The lowest BCUT2D eigenvalue weighted by Crippen LogP contribution is -2.41. The van der Waals surface area contributed by atoms with Crippen molar-refractivity contribution in [3.63, 3.8) is 0 Å². The van der Waals surface area contributed by atoms with Crippen LogP contribution in [0.4, 0.5) is 4.39 Å². The van der Waals surface area contributed by atoms with Crippen molar-refractivity contribution in [2.45, 2.75) is 32.4 Å². The zero-order chi connectivity index (χ0) is 22.3. The van der Waals surface area contributed by atoms with Gasteiger partial charge in [-0.15, -0.1) is 0 Å². The molecule has 1 heterocycles. The lowest BCUT2D eigenvalue weighted by molar-refractivity contribution is 0.0836. The van der Waals surface area contributed by atoms with E-state index in [1.807, 2.05) is 36.4 Å². The minimum Gasteiger partial charge on any atom is -0.493 e. The molecule has 2 aromatic carbocycles. The summed E-state index contributed by atoms with van der Waals surface area (Å²) in [5.41, 5.74) is 1.50. The molecule has 1 aliphatic rings. The Kier molecular flexibility index (Phi) is 8.04. The second-order valence-corrected chi connectivity index (χ2v) is 8.83. The van der Waals surface area contributed by atoms with E-state index in [9.17, 15) is 9.18 Å². The van der Waals surface area contributed by atoms with Crippen molar-refractivity contribution < 1.29 is 19.0 Å². The number of carbonyl (C=O) groups is 1. The molecule has 2 aromatic rings. The summed E-state index contributed by atoms with van der Waals surface area (Å²) in [6.07, 6.45) is 2.07. The number of halogens is 1. The summed E-state index contributed by atoms with van der Waals surface area (Å²) in [7, 11) is 0. The van der Waals surface area contributed by atoms with Gasteiger partial charge < -0.3 is 20.1 Å². The molecule has 1 amide bonds. The number of benzene rings is 2. The fourth-order valence-electron chi connectivity index (χ4n) is 3.89. The first-order chi connectivity index (χ1) is 14.8. The van der Waals surface area contributed by atoms with Crippen LogP contribution in [0.25, 0.3) is 11.1 Å². The molecule has 0 atom stereocenters. The molecule has 5 nitrogen and oxygen atoms in total. The Hall–Kier alpha value is -2.44. The van der Waals surface area contributed by atoms with Crippen LogP contribution in [-0.2, 0) is 0 Å². The third-order valence-electron chi connectivity index (χ3n) is 5.52. The van der Waals surface area contributed by atoms with Gasteiger partial charge in [0.05, 0.1) is 13.2 Å². The van der Waals surface area contributed by atoms with E-state index in [4.69, 9.17) is 9.84 Å². The maximum Gasteiger partial charge on any atom is 0.251 e. The summed E-state index contributed by atoms with van der Waals surface area (Å²) >= 11 is 0. The average molecular weight is 429 g/mol. The number of amides is 1. The number of likely N-dealkylation sites (tertiary alicyclic amines) is 1. The number of aliphatic hydroxyl groups excluding tert-OH is 1. The Morgan fingerprint density at radius 3 is 2.23 bits per heavy atom. The quantitative estimate of drug-likeness (QED) is 0.636. The van der Waals surface area contributed by atoms with Crippen LogP contribution in [0.2, 0.25) is 0 Å². The summed E-state index contributed by atoms with van der Waals surface area (Å²) in [4.78, 5) is 14.1. The molecular formula is C25H33FN2O3. The number of nitrogens with one attached hydrogen (secondary N) is 1. The number of carbonyl (C=O) groups excluding carboxylic acids is 1. The minimum atomic E-state index is -1.14. The average Bonchev–Trinajstić information content (AvgIpc) is 2.76. The molecule has 0 radical (unpaired) electrons. The molecule has 0 spiro atoms. The highest BCUT2D eigenvalue weighted by Crippen LogP contribution is 2.25. The summed E-state index contributed by atoms with van der Waals surface area (Å²) < 4.78 is 19.8. The van der Waals surface area contributed by atoms with Crippen molar-refractivity contribution in [2.75, 3.05) is 39.4 Å². The van der Waals surface area contributed by atoms with Gasteiger partial charge in [0, 0.05) is 18.7 Å². The lowest BCUT2D eigenvalue weighted by atomic mass is 9.97. The topological polar surface area (TPSA) is 61.8 Å². The van der Waals surface area contributed by atoms with Crippen LogP contribution in [-0.4, -0.2) is 61.0 Å². The fourth-order valence-corrected chi connectivity index (χ4v) is 3.89. The van der Waals surface area contributed by atoms with Gasteiger partial charge in [-0.2, -0.15) is 0 Å². The van der Waals surface area contributed by atoms with Gasteiger partial charge in [-0.3, -0.25) is 4.79 Å². The van der Waals surface area contributed by atoms with Gasteiger partial charge in [-0.1, -0.05) is 24.3 Å². The van der Waals surface area contributed by atoms with Crippen LogP contribution in [0.3, 0.4) is 0 Å². The standard InChI is InChI=1S/C25H33FN2O3/c1-25(2,26)18-28-14-11-19(12-15-28)17-31-23-9-7-21(8-10-23)20-3-5-22(6-4-20)24(30)27-13-16-29/h3-10,19,29H,11-18H2,1-2H3,(H,27,30). The van der Waals surface area contributed by atoms with Crippen LogP contribution >= 0.6 is 0 Å².